The first-order valence-electron chi connectivity index (χ1n) is 8.76. The molecule has 4 heterocycles. The van der Waals surface area contributed by atoms with E-state index in [1.165, 1.54) is 23.1 Å². The topological polar surface area (TPSA) is 91.6 Å². The average molecular weight is 618 g/mol. The van der Waals surface area contributed by atoms with Crippen LogP contribution in [0.1, 0.15) is 30.9 Å². The smallest absolute Gasteiger partial charge is 0.330 e. The van der Waals surface area contributed by atoms with Crippen molar-refractivity contribution in [1.29, 1.82) is 0 Å². The zero-order chi connectivity index (χ0) is 22.2. The van der Waals surface area contributed by atoms with E-state index in [0.717, 1.165) is 10.7 Å². The van der Waals surface area contributed by atoms with E-state index in [4.69, 9.17) is 6.57 Å². The van der Waals surface area contributed by atoms with Crippen molar-refractivity contribution in [2.24, 2.45) is 0 Å². The summed E-state index contributed by atoms with van der Waals surface area (Å²) in [4.78, 5) is 20.2. The van der Waals surface area contributed by atoms with E-state index in [9.17, 15) is 13.2 Å². The molecule has 0 aromatic carbocycles. The van der Waals surface area contributed by atoms with Crippen LogP contribution >= 0.6 is 0 Å². The molecule has 0 aliphatic heterocycles. The van der Waals surface area contributed by atoms with Gasteiger partial charge in [-0.15, -0.1) is 6.07 Å². The number of aromatic nitrogens is 8. The van der Waals surface area contributed by atoms with Gasteiger partial charge in [-0.05, 0) is 43.3 Å². The Morgan fingerprint density at radius 2 is 1.41 bits per heavy atom. The van der Waals surface area contributed by atoms with E-state index in [1.54, 1.807) is 12.1 Å². The third kappa shape index (κ3) is 4.43. The summed E-state index contributed by atoms with van der Waals surface area (Å²) >= 11 is 0. The first-order valence-corrected chi connectivity index (χ1v) is 8.76. The minimum Gasteiger partial charge on any atom is -0.330 e. The zero-order valence-corrected chi connectivity index (χ0v) is 18.7. The summed E-state index contributed by atoms with van der Waals surface area (Å²) < 4.78 is 40.6. The van der Waals surface area contributed by atoms with Crippen LogP contribution < -0.4 is 0 Å². The van der Waals surface area contributed by atoms with Crippen LogP contribution in [0.25, 0.3) is 16.7 Å². The van der Waals surface area contributed by atoms with Crippen LogP contribution in [0, 0.1) is 19.0 Å². The van der Waals surface area contributed by atoms with Gasteiger partial charge in [-0.2, -0.15) is 13.2 Å². The van der Waals surface area contributed by atoms with E-state index in [-0.39, 0.29) is 38.8 Å². The number of alkyl halides is 3. The summed E-state index contributed by atoms with van der Waals surface area (Å²) in [6, 6.07) is 5.47. The Labute approximate surface area is 194 Å². The first-order chi connectivity index (χ1) is 14.7. The number of hydrogen-bond acceptors (Lipinski definition) is 6. The molecule has 0 unspecified atom stereocenters. The molecule has 4 aromatic heterocycles. The van der Waals surface area contributed by atoms with E-state index in [1.807, 2.05) is 13.8 Å². The van der Waals surface area contributed by atoms with Gasteiger partial charge >= 0.3 is 33.1 Å². The summed E-state index contributed by atoms with van der Waals surface area (Å²) in [7, 11) is 0. The van der Waals surface area contributed by atoms with Gasteiger partial charge in [0.25, 0.3) is 0 Å². The van der Waals surface area contributed by atoms with Crippen molar-refractivity contribution in [3.05, 3.63) is 77.6 Å². The maximum atomic E-state index is 12.8. The SMILES string of the molecule is [C-]#[N+]c1c[c-]n(-c2nccc(C(C)(C)c3ccnc(-n4[c-]cc(C(F)(F)F)n4)n3)n2)n1.[Pt+2]. The molecule has 32 heavy (non-hydrogen) atoms. The second-order valence-electron chi connectivity index (χ2n) is 6.83. The normalized spacial score (nSPS) is 11.6. The Balaban J connectivity index is 0.00000289. The van der Waals surface area contributed by atoms with E-state index < -0.39 is 17.3 Å². The molecule has 9 nitrogen and oxygen atoms in total. The van der Waals surface area contributed by atoms with Crippen LogP contribution in [-0.2, 0) is 32.7 Å². The maximum Gasteiger partial charge on any atom is 2.00 e. The molecule has 0 amide bonds. The minimum absolute atomic E-state index is 0. The fourth-order valence-corrected chi connectivity index (χ4v) is 2.69. The second kappa shape index (κ2) is 8.59. The van der Waals surface area contributed by atoms with Crippen molar-refractivity contribution in [2.75, 3.05) is 0 Å². The van der Waals surface area contributed by atoms with Crippen molar-refractivity contribution >= 4 is 5.82 Å². The fraction of sp³-hybridized carbons (Fsp3) is 0.211. The Hall–Kier alpha value is -3.45. The van der Waals surface area contributed by atoms with Crippen LogP contribution in [0.2, 0.25) is 0 Å². The molecule has 0 radical (unpaired) electrons. The van der Waals surface area contributed by atoms with Gasteiger partial charge in [-0.25, -0.2) is 4.68 Å². The average Bonchev–Trinajstić information content (AvgIpc) is 3.44. The summed E-state index contributed by atoms with van der Waals surface area (Å²) in [6.45, 7) is 10.7. The minimum atomic E-state index is -4.59. The van der Waals surface area contributed by atoms with Gasteiger partial charge in [0.1, 0.15) is 5.95 Å². The molecular formula is C19H12F3N9Pt. The third-order valence-electron chi connectivity index (χ3n) is 4.40. The van der Waals surface area contributed by atoms with Crippen LogP contribution in [0.5, 0.6) is 0 Å². The molecule has 0 atom stereocenters. The monoisotopic (exact) mass is 618 g/mol. The second-order valence-corrected chi connectivity index (χ2v) is 6.83. The van der Waals surface area contributed by atoms with Gasteiger partial charge < -0.3 is 9.53 Å². The first kappa shape index (κ1) is 23.2. The standard InChI is InChI=1S/C19H12F3N9.Pt/c1-18(2,13-5-9-25-17(27-13)31-11-7-15(23-3)29-31)12-4-8-24-16(26-12)30-10-6-14(28-30)19(20,21)22;/h4-9H,1-2H3;/q-2;+2. The molecule has 13 heteroatoms. The Morgan fingerprint density at radius 1 is 0.875 bits per heavy atom. The van der Waals surface area contributed by atoms with Crippen molar-refractivity contribution in [2.45, 2.75) is 25.4 Å². The molecule has 0 bridgehead atoms. The fourth-order valence-electron chi connectivity index (χ4n) is 2.69. The van der Waals surface area contributed by atoms with Gasteiger partial charge in [0.05, 0.1) is 5.69 Å². The summed E-state index contributed by atoms with van der Waals surface area (Å²) in [5.41, 5.74) is -0.803. The van der Waals surface area contributed by atoms with Crippen LogP contribution in [0.4, 0.5) is 19.0 Å². The van der Waals surface area contributed by atoms with Crippen molar-refractivity contribution in [3.8, 4) is 11.9 Å². The molecule has 4 aromatic rings. The van der Waals surface area contributed by atoms with Crippen LogP contribution in [-0.4, -0.2) is 39.5 Å². The molecule has 0 spiro atoms. The predicted octanol–water partition coefficient (Wildman–Crippen LogP) is 3.13. The molecule has 0 aliphatic rings. The van der Waals surface area contributed by atoms with Gasteiger partial charge in [0.15, 0.2) is 5.95 Å². The van der Waals surface area contributed by atoms with Gasteiger partial charge in [0.2, 0.25) is 0 Å². The molecule has 164 valence electrons. The van der Waals surface area contributed by atoms with E-state index >= 15 is 0 Å². The van der Waals surface area contributed by atoms with Crippen molar-refractivity contribution in [1.82, 2.24) is 39.5 Å². The molecular weight excluding hydrogens is 606 g/mol. The predicted molar refractivity (Wildman–Crippen MR) is 99.4 cm³/mol. The van der Waals surface area contributed by atoms with Crippen LogP contribution in [0.3, 0.4) is 0 Å². The summed E-state index contributed by atoms with van der Waals surface area (Å²) in [5.74, 6) is 0.310. The number of rotatable bonds is 4. The van der Waals surface area contributed by atoms with Crippen molar-refractivity contribution < 1.29 is 34.2 Å². The largest absolute Gasteiger partial charge is 2.00 e. The third-order valence-corrected chi connectivity index (χ3v) is 4.40. The number of halogens is 3. The summed E-state index contributed by atoms with van der Waals surface area (Å²) in [5, 5.41) is 7.48. The molecule has 0 N–H and O–H groups in total. The molecule has 0 saturated carbocycles. The summed E-state index contributed by atoms with van der Waals surface area (Å²) in [6.07, 6.45) is 3.52. The quantitative estimate of drug-likeness (QED) is 0.327. The van der Waals surface area contributed by atoms with Gasteiger partial charge in [-0.1, -0.05) is 12.8 Å². The van der Waals surface area contributed by atoms with Gasteiger partial charge in [-0.3, -0.25) is 25.0 Å². The molecule has 0 fully saturated rings. The van der Waals surface area contributed by atoms with E-state index in [0.29, 0.717) is 11.4 Å². The van der Waals surface area contributed by atoms with Gasteiger partial charge in [0, 0.05) is 29.2 Å². The molecule has 0 aliphatic carbocycles. The van der Waals surface area contributed by atoms with Crippen molar-refractivity contribution in [3.63, 3.8) is 0 Å². The van der Waals surface area contributed by atoms with Crippen LogP contribution in [0.15, 0.2) is 36.7 Å². The number of hydrogen-bond donors (Lipinski definition) is 0. The molecule has 0 saturated heterocycles. The zero-order valence-electron chi connectivity index (χ0n) is 16.4. The Bertz CT molecular complexity index is 1290. The number of nitrogens with zero attached hydrogens (tertiary/aromatic N) is 9. The Morgan fingerprint density at radius 3 is 1.88 bits per heavy atom. The van der Waals surface area contributed by atoms with E-state index in [2.05, 4.69) is 47.4 Å². The Kier molecular flexibility index (Phi) is 6.23. The maximum absolute atomic E-state index is 12.8. The molecule has 4 rings (SSSR count).